The zero-order chi connectivity index (χ0) is 10.8. The molecule has 1 saturated carbocycles. The maximum Gasteiger partial charge on any atom is 0.200 e. The molecule has 0 spiro atoms. The van der Waals surface area contributed by atoms with Crippen LogP contribution >= 0.6 is 0 Å². The Morgan fingerprint density at radius 2 is 2.07 bits per heavy atom. The van der Waals surface area contributed by atoms with Crippen molar-refractivity contribution in [1.29, 1.82) is 0 Å². The first-order valence-corrected chi connectivity index (χ1v) is 4.98. The highest BCUT2D eigenvalue weighted by Crippen LogP contribution is 2.28. The summed E-state index contributed by atoms with van der Waals surface area (Å²) in [6.45, 7) is 0. The van der Waals surface area contributed by atoms with Gasteiger partial charge >= 0.3 is 0 Å². The summed E-state index contributed by atoms with van der Waals surface area (Å²) in [6.07, 6.45) is 1.68. The molecule has 1 aromatic carbocycles. The summed E-state index contributed by atoms with van der Waals surface area (Å²) in [4.78, 5) is 0. The Kier molecular flexibility index (Phi) is 2.86. The predicted octanol–water partition coefficient (Wildman–Crippen LogP) is 2.09. The second-order valence-corrected chi connectivity index (χ2v) is 3.75. The molecular weight excluding hydrogens is 200 g/mol. The highest BCUT2D eigenvalue weighted by atomic mass is 19.2. The van der Waals surface area contributed by atoms with E-state index in [0.29, 0.717) is 6.04 Å². The summed E-state index contributed by atoms with van der Waals surface area (Å²) in [6, 6.07) is 4.42. The van der Waals surface area contributed by atoms with Gasteiger partial charge in [0.05, 0.1) is 0 Å². The Bertz CT molecular complexity index is 350. The third-order valence-corrected chi connectivity index (χ3v) is 2.71. The number of rotatable bonds is 3. The van der Waals surface area contributed by atoms with Crippen molar-refractivity contribution in [3.05, 3.63) is 29.8 Å². The minimum absolute atomic E-state index is 0.00116. The highest BCUT2D eigenvalue weighted by molar-refractivity contribution is 5.25. The summed E-state index contributed by atoms with van der Waals surface area (Å²) in [5.74, 6) is -1.75. The van der Waals surface area contributed by atoms with Gasteiger partial charge in [0.2, 0.25) is 5.82 Å². The summed E-state index contributed by atoms with van der Waals surface area (Å²) in [5, 5.41) is 3.10. The van der Waals surface area contributed by atoms with Crippen LogP contribution in [0.25, 0.3) is 0 Å². The molecule has 0 radical (unpaired) electrons. The number of hydrogen-bond acceptors (Lipinski definition) is 2. The number of nitrogens with one attached hydrogen (secondary N) is 1. The van der Waals surface area contributed by atoms with Gasteiger partial charge in [-0.25, -0.2) is 4.39 Å². The van der Waals surface area contributed by atoms with Crippen molar-refractivity contribution < 1.29 is 13.5 Å². The van der Waals surface area contributed by atoms with E-state index in [1.165, 1.54) is 12.1 Å². The number of ether oxygens (including phenoxy) is 1. The molecule has 0 atom stereocenters. The second kappa shape index (κ2) is 4.14. The van der Waals surface area contributed by atoms with Gasteiger partial charge in [0.25, 0.3) is 0 Å². The van der Waals surface area contributed by atoms with Crippen molar-refractivity contribution in [2.45, 2.75) is 25.0 Å². The molecule has 1 aliphatic rings. The number of halogens is 2. The Labute approximate surface area is 87.2 Å². The van der Waals surface area contributed by atoms with Gasteiger partial charge in [-0.05, 0) is 32.0 Å². The molecule has 1 fully saturated rings. The van der Waals surface area contributed by atoms with Gasteiger partial charge in [-0.3, -0.25) is 0 Å². The van der Waals surface area contributed by atoms with E-state index in [9.17, 15) is 8.78 Å². The Morgan fingerprint density at radius 3 is 2.73 bits per heavy atom. The molecule has 0 amide bonds. The van der Waals surface area contributed by atoms with Gasteiger partial charge in [-0.1, -0.05) is 6.07 Å². The molecule has 0 heterocycles. The van der Waals surface area contributed by atoms with Crippen molar-refractivity contribution in [3.63, 3.8) is 0 Å². The van der Waals surface area contributed by atoms with E-state index in [1.807, 2.05) is 7.05 Å². The first-order chi connectivity index (χ1) is 7.20. The zero-order valence-corrected chi connectivity index (χ0v) is 8.47. The van der Waals surface area contributed by atoms with Gasteiger partial charge < -0.3 is 10.1 Å². The van der Waals surface area contributed by atoms with Gasteiger partial charge in [0, 0.05) is 6.04 Å². The van der Waals surface area contributed by atoms with Crippen LogP contribution in [0.15, 0.2) is 18.2 Å². The molecule has 2 rings (SSSR count). The lowest BCUT2D eigenvalue weighted by Gasteiger charge is -2.35. The van der Waals surface area contributed by atoms with Crippen molar-refractivity contribution in [2.24, 2.45) is 0 Å². The predicted molar refractivity (Wildman–Crippen MR) is 52.9 cm³/mol. The first kappa shape index (κ1) is 10.4. The van der Waals surface area contributed by atoms with Crippen LogP contribution < -0.4 is 10.1 Å². The zero-order valence-electron chi connectivity index (χ0n) is 8.47. The Balaban J connectivity index is 1.97. The SMILES string of the molecule is CNC1CC(Oc2cccc(F)c2F)C1. The molecule has 0 saturated heterocycles. The lowest BCUT2D eigenvalue weighted by atomic mass is 9.89. The van der Waals surface area contributed by atoms with Gasteiger partial charge in [0.15, 0.2) is 11.6 Å². The summed E-state index contributed by atoms with van der Waals surface area (Å²) >= 11 is 0. The third-order valence-electron chi connectivity index (χ3n) is 2.71. The van der Waals surface area contributed by atoms with Gasteiger partial charge in [-0.2, -0.15) is 4.39 Å². The fourth-order valence-corrected chi connectivity index (χ4v) is 1.65. The average molecular weight is 213 g/mol. The quantitative estimate of drug-likeness (QED) is 0.830. The van der Waals surface area contributed by atoms with E-state index >= 15 is 0 Å². The molecule has 1 N–H and O–H groups in total. The van der Waals surface area contributed by atoms with E-state index in [4.69, 9.17) is 4.74 Å². The number of benzene rings is 1. The summed E-state index contributed by atoms with van der Waals surface area (Å²) < 4.78 is 31.4. The standard InChI is InChI=1S/C11H13F2NO/c1-14-7-5-8(6-7)15-10-4-2-3-9(12)11(10)13/h2-4,7-8,14H,5-6H2,1H3. The van der Waals surface area contributed by atoms with Crippen molar-refractivity contribution in [3.8, 4) is 5.75 Å². The van der Waals surface area contributed by atoms with Crippen LogP contribution in [-0.4, -0.2) is 19.2 Å². The summed E-state index contributed by atoms with van der Waals surface area (Å²) in [7, 11) is 1.88. The smallest absolute Gasteiger partial charge is 0.200 e. The first-order valence-electron chi connectivity index (χ1n) is 4.98. The van der Waals surface area contributed by atoms with Crippen molar-refractivity contribution >= 4 is 0 Å². The second-order valence-electron chi connectivity index (χ2n) is 3.75. The molecule has 15 heavy (non-hydrogen) atoms. The molecule has 1 aromatic rings. The fourth-order valence-electron chi connectivity index (χ4n) is 1.65. The van der Waals surface area contributed by atoms with E-state index in [-0.39, 0.29) is 11.9 Å². The van der Waals surface area contributed by atoms with Crippen LogP contribution in [0.1, 0.15) is 12.8 Å². The molecule has 4 heteroatoms. The molecule has 2 nitrogen and oxygen atoms in total. The molecule has 0 unspecified atom stereocenters. The maximum absolute atomic E-state index is 13.2. The van der Waals surface area contributed by atoms with Crippen LogP contribution in [0.3, 0.4) is 0 Å². The molecular formula is C11H13F2NO. The molecule has 0 aromatic heterocycles. The van der Waals surface area contributed by atoms with E-state index in [1.54, 1.807) is 0 Å². The molecule has 0 aliphatic heterocycles. The van der Waals surface area contributed by atoms with Crippen LogP contribution in [-0.2, 0) is 0 Å². The molecule has 0 bridgehead atoms. The van der Waals surface area contributed by atoms with E-state index in [0.717, 1.165) is 18.9 Å². The fraction of sp³-hybridized carbons (Fsp3) is 0.455. The van der Waals surface area contributed by atoms with Crippen LogP contribution in [0.2, 0.25) is 0 Å². The van der Waals surface area contributed by atoms with Crippen LogP contribution in [0, 0.1) is 11.6 Å². The largest absolute Gasteiger partial charge is 0.487 e. The van der Waals surface area contributed by atoms with E-state index in [2.05, 4.69) is 5.32 Å². The summed E-state index contributed by atoms with van der Waals surface area (Å²) in [5.41, 5.74) is 0. The molecule has 1 aliphatic carbocycles. The average Bonchev–Trinajstić information content (AvgIpc) is 2.17. The third kappa shape index (κ3) is 2.09. The van der Waals surface area contributed by atoms with Gasteiger partial charge in [0.1, 0.15) is 6.10 Å². The van der Waals surface area contributed by atoms with Crippen LogP contribution in [0.4, 0.5) is 8.78 Å². The number of hydrogen-bond donors (Lipinski definition) is 1. The topological polar surface area (TPSA) is 21.3 Å². The van der Waals surface area contributed by atoms with E-state index < -0.39 is 11.6 Å². The normalized spacial score (nSPS) is 24.7. The monoisotopic (exact) mass is 213 g/mol. The highest BCUT2D eigenvalue weighted by Gasteiger charge is 2.30. The lowest BCUT2D eigenvalue weighted by molar-refractivity contribution is 0.0835. The van der Waals surface area contributed by atoms with Gasteiger partial charge in [-0.15, -0.1) is 0 Å². The molecule has 82 valence electrons. The van der Waals surface area contributed by atoms with Crippen molar-refractivity contribution in [2.75, 3.05) is 7.05 Å². The maximum atomic E-state index is 13.2. The Morgan fingerprint density at radius 1 is 1.33 bits per heavy atom. The lowest BCUT2D eigenvalue weighted by Crippen LogP contribution is -2.45. The minimum atomic E-state index is -0.898. The van der Waals surface area contributed by atoms with Crippen molar-refractivity contribution in [1.82, 2.24) is 5.32 Å². The van der Waals surface area contributed by atoms with Crippen LogP contribution in [0.5, 0.6) is 5.75 Å². The minimum Gasteiger partial charge on any atom is -0.487 e. The Hall–Kier alpha value is -1.16.